The highest BCUT2D eigenvalue weighted by atomic mass is 16.2. The zero-order chi connectivity index (χ0) is 25.5. The van der Waals surface area contributed by atoms with Gasteiger partial charge in [-0.2, -0.15) is 0 Å². The average Bonchev–Trinajstić information content (AvgIpc) is 3.24. The summed E-state index contributed by atoms with van der Waals surface area (Å²) in [5.41, 5.74) is 7.67. The molecule has 180 valence electrons. The van der Waals surface area contributed by atoms with Gasteiger partial charge in [-0.1, -0.05) is 64.8 Å². The molecule has 9 heteroatoms. The van der Waals surface area contributed by atoms with Gasteiger partial charge in [0.05, 0.1) is 11.1 Å². The number of aliphatic imine (C=N–C) groups is 1. The molecule has 1 aromatic carbocycles. The molecule has 0 radical (unpaired) electrons. The third-order valence-electron chi connectivity index (χ3n) is 4.11. The Morgan fingerprint density at radius 3 is 2.62 bits per heavy atom. The Labute approximate surface area is 200 Å². The van der Waals surface area contributed by atoms with Crippen LogP contribution in [-0.2, 0) is 4.79 Å². The van der Waals surface area contributed by atoms with E-state index >= 15 is 0 Å². The second-order valence-corrected chi connectivity index (χ2v) is 6.49. The maximum Gasteiger partial charge on any atom is 0.274 e. The van der Waals surface area contributed by atoms with Crippen molar-refractivity contribution in [2.45, 2.75) is 27.2 Å². The normalized spacial score (nSPS) is 11.4. The second-order valence-electron chi connectivity index (χ2n) is 6.49. The number of hydrogen-bond donors (Lipinski definition) is 5. The van der Waals surface area contributed by atoms with Gasteiger partial charge in [0.1, 0.15) is 11.2 Å². The predicted molar refractivity (Wildman–Crippen MR) is 140 cm³/mol. The Morgan fingerprint density at radius 2 is 1.97 bits per heavy atom. The van der Waals surface area contributed by atoms with Gasteiger partial charge in [-0.05, 0) is 30.2 Å². The van der Waals surface area contributed by atoms with Crippen LogP contribution >= 0.6 is 0 Å². The summed E-state index contributed by atoms with van der Waals surface area (Å²) in [6, 6.07) is 5.01. The molecular weight excluding hydrogens is 430 g/mol. The fourth-order valence-corrected chi connectivity index (χ4v) is 2.62. The van der Waals surface area contributed by atoms with Gasteiger partial charge in [-0.3, -0.25) is 20.2 Å². The molecule has 0 aliphatic rings. The van der Waals surface area contributed by atoms with E-state index in [4.69, 9.17) is 5.73 Å². The van der Waals surface area contributed by atoms with Crippen molar-refractivity contribution in [2.75, 3.05) is 11.9 Å². The van der Waals surface area contributed by atoms with Crippen molar-refractivity contribution < 1.29 is 9.59 Å². The van der Waals surface area contributed by atoms with Crippen molar-refractivity contribution in [1.29, 1.82) is 0 Å². The maximum atomic E-state index is 12.8. The van der Waals surface area contributed by atoms with Crippen LogP contribution in [0.3, 0.4) is 0 Å². The molecule has 0 aliphatic heterocycles. The minimum atomic E-state index is -0.490. The average molecular weight is 464 g/mol. The number of hydrogen-bond acceptors (Lipinski definition) is 5. The first-order chi connectivity index (χ1) is 16.4. The van der Waals surface area contributed by atoms with Crippen molar-refractivity contribution in [3.63, 3.8) is 0 Å². The zero-order valence-electron chi connectivity index (χ0n) is 19.9. The highest BCUT2D eigenvalue weighted by Crippen LogP contribution is 2.19. The number of para-hydroxylation sites is 1. The number of aromatic nitrogens is 2. The lowest BCUT2D eigenvalue weighted by atomic mass is 10.2. The van der Waals surface area contributed by atoms with Crippen molar-refractivity contribution in [2.24, 2.45) is 10.7 Å². The Morgan fingerprint density at radius 1 is 1.24 bits per heavy atom. The largest absolute Gasteiger partial charge is 0.377 e. The molecule has 0 unspecified atom stereocenters. The van der Waals surface area contributed by atoms with E-state index in [2.05, 4.69) is 50.6 Å². The van der Waals surface area contributed by atoms with Crippen LogP contribution in [0.4, 0.5) is 5.95 Å². The Bertz CT molecular complexity index is 1120. The van der Waals surface area contributed by atoms with Gasteiger partial charge in [0.15, 0.2) is 5.96 Å². The number of aromatic amines is 1. The van der Waals surface area contributed by atoms with E-state index in [0.717, 1.165) is 6.42 Å². The topological polar surface area (TPSA) is 137 Å². The molecule has 1 heterocycles. The van der Waals surface area contributed by atoms with Crippen LogP contribution in [0, 0.1) is 0 Å². The zero-order valence-corrected chi connectivity index (χ0v) is 19.9. The van der Waals surface area contributed by atoms with Crippen LogP contribution in [0.5, 0.6) is 0 Å². The van der Waals surface area contributed by atoms with Gasteiger partial charge in [0, 0.05) is 12.7 Å². The van der Waals surface area contributed by atoms with E-state index in [1.807, 2.05) is 32.9 Å². The van der Waals surface area contributed by atoms with E-state index in [-0.39, 0.29) is 17.5 Å². The second kappa shape index (κ2) is 14.6. The first kappa shape index (κ1) is 27.6. The Hall–Kier alpha value is -4.40. The van der Waals surface area contributed by atoms with E-state index in [0.29, 0.717) is 28.8 Å². The SMILES string of the molecule is C=CN=C(N)NC(=O)c1cccc2[nH]c(NC(=O)/C(=C/C(=C)C=C)NC/C=C\CC)nc12.CC. The van der Waals surface area contributed by atoms with Crippen LogP contribution in [-0.4, -0.2) is 34.3 Å². The third-order valence-corrected chi connectivity index (χ3v) is 4.11. The monoisotopic (exact) mass is 463 g/mol. The number of allylic oxidation sites excluding steroid dienone is 4. The number of anilines is 1. The molecule has 2 rings (SSSR count). The first-order valence-electron chi connectivity index (χ1n) is 10.9. The molecule has 0 fully saturated rings. The Kier molecular flexibility index (Phi) is 11.9. The standard InChI is InChI=1S/C23H27N7O2.C2H6/c1-5-8-9-13-26-18(14-15(4)6-2)21(32)30-23-27-17-12-10-11-16(19(17)28-23)20(31)29-22(24)25-7-3;1-2/h6-12,14,26H,2-5,13H2,1H3,(H3,24,25,29,31)(H2,27,28,30,32);1-2H3/b9-8-,18-14-;. The summed E-state index contributed by atoms with van der Waals surface area (Å²) in [6.45, 7) is 17.4. The number of amides is 2. The van der Waals surface area contributed by atoms with Gasteiger partial charge in [0.2, 0.25) is 5.95 Å². The summed E-state index contributed by atoms with van der Waals surface area (Å²) in [6.07, 6.45) is 9.16. The van der Waals surface area contributed by atoms with Gasteiger partial charge >= 0.3 is 0 Å². The minimum absolute atomic E-state index is 0.0912. The van der Waals surface area contributed by atoms with Gasteiger partial charge in [0.25, 0.3) is 11.8 Å². The number of imidazole rings is 1. The smallest absolute Gasteiger partial charge is 0.274 e. The van der Waals surface area contributed by atoms with Gasteiger partial charge in [-0.15, -0.1) is 0 Å². The van der Waals surface area contributed by atoms with Gasteiger partial charge < -0.3 is 16.0 Å². The van der Waals surface area contributed by atoms with Crippen LogP contribution in [0.25, 0.3) is 11.0 Å². The molecule has 0 saturated carbocycles. The summed E-state index contributed by atoms with van der Waals surface area (Å²) in [5.74, 6) is -0.828. The highest BCUT2D eigenvalue weighted by Gasteiger charge is 2.16. The highest BCUT2D eigenvalue weighted by molar-refractivity contribution is 6.12. The number of guanidine groups is 1. The number of nitrogens with two attached hydrogens (primary N) is 1. The fraction of sp³-hybridized carbons (Fsp3) is 0.200. The number of carbonyl (C=O) groups excluding carboxylic acids is 2. The molecule has 6 N–H and O–H groups in total. The first-order valence-corrected chi connectivity index (χ1v) is 10.9. The summed E-state index contributed by atoms with van der Waals surface area (Å²) < 4.78 is 0. The summed E-state index contributed by atoms with van der Waals surface area (Å²) in [4.78, 5) is 36.4. The number of carbonyl (C=O) groups is 2. The molecule has 34 heavy (non-hydrogen) atoms. The number of nitrogens with one attached hydrogen (secondary N) is 4. The van der Waals surface area contributed by atoms with Crippen LogP contribution in [0.15, 0.2) is 84.7 Å². The van der Waals surface area contributed by atoms with Crippen molar-refractivity contribution in [3.05, 3.63) is 85.3 Å². The number of fused-ring (bicyclic) bond motifs is 1. The summed E-state index contributed by atoms with van der Waals surface area (Å²) in [7, 11) is 0. The summed E-state index contributed by atoms with van der Waals surface area (Å²) >= 11 is 0. The van der Waals surface area contributed by atoms with Crippen LogP contribution in [0.1, 0.15) is 37.6 Å². The summed E-state index contributed by atoms with van der Waals surface area (Å²) in [5, 5.41) is 8.20. The fourth-order valence-electron chi connectivity index (χ4n) is 2.62. The van der Waals surface area contributed by atoms with Crippen molar-refractivity contribution in [1.82, 2.24) is 20.6 Å². The third kappa shape index (κ3) is 8.27. The molecule has 0 spiro atoms. The number of nitrogens with zero attached hydrogens (tertiary/aromatic N) is 2. The van der Waals surface area contributed by atoms with E-state index < -0.39 is 11.8 Å². The van der Waals surface area contributed by atoms with Gasteiger partial charge in [-0.25, -0.2) is 9.98 Å². The lowest BCUT2D eigenvalue weighted by molar-refractivity contribution is -0.113. The van der Waals surface area contributed by atoms with Crippen LogP contribution < -0.4 is 21.7 Å². The van der Waals surface area contributed by atoms with E-state index in [1.165, 1.54) is 6.20 Å². The number of rotatable bonds is 10. The van der Waals surface area contributed by atoms with Crippen LogP contribution in [0.2, 0.25) is 0 Å². The molecule has 0 atom stereocenters. The molecule has 0 aliphatic carbocycles. The maximum absolute atomic E-state index is 12.8. The van der Waals surface area contributed by atoms with E-state index in [1.54, 1.807) is 30.4 Å². The molecule has 1 aromatic heterocycles. The molecule has 9 nitrogen and oxygen atoms in total. The quantitative estimate of drug-likeness (QED) is 0.120. The van der Waals surface area contributed by atoms with Crippen molar-refractivity contribution >= 4 is 34.8 Å². The lowest BCUT2D eigenvalue weighted by Crippen LogP contribution is -2.36. The number of benzene rings is 1. The van der Waals surface area contributed by atoms with Crippen molar-refractivity contribution in [3.8, 4) is 0 Å². The number of H-pyrrole nitrogens is 1. The molecular formula is C25H33N7O2. The Balaban J connectivity index is 0.00000281. The van der Waals surface area contributed by atoms with E-state index in [9.17, 15) is 9.59 Å². The molecule has 2 amide bonds. The minimum Gasteiger partial charge on any atom is -0.377 e. The predicted octanol–water partition coefficient (Wildman–Crippen LogP) is 3.90. The molecule has 0 bridgehead atoms. The molecule has 2 aromatic rings. The lowest BCUT2D eigenvalue weighted by Gasteiger charge is -2.09. The molecule has 0 saturated heterocycles.